The maximum Gasteiger partial charge on any atom is 0.335 e. The molecule has 0 radical (unpaired) electrons. The van der Waals surface area contributed by atoms with E-state index in [2.05, 4.69) is 33.7 Å². The maximum atomic E-state index is 11.1. The van der Waals surface area contributed by atoms with E-state index in [1.165, 1.54) is 11.1 Å². The minimum atomic E-state index is -0.945. The van der Waals surface area contributed by atoms with Crippen LogP contribution >= 0.6 is 0 Å². The van der Waals surface area contributed by atoms with Crippen LogP contribution in [0.15, 0.2) is 60.7 Å². The second-order valence-corrected chi connectivity index (χ2v) is 7.83. The number of carboxylic acids is 1. The fourth-order valence-corrected chi connectivity index (χ4v) is 4.33. The van der Waals surface area contributed by atoms with E-state index < -0.39 is 5.97 Å². The summed E-state index contributed by atoms with van der Waals surface area (Å²) in [6.45, 7) is 0. The van der Waals surface area contributed by atoms with Crippen molar-refractivity contribution in [3.8, 4) is 17.3 Å². The average Bonchev–Trinajstić information content (AvgIpc) is 3.22. The number of carbonyl (C=O) groups is 1. The smallest absolute Gasteiger partial charge is 0.335 e. The average molecular weight is 408 g/mol. The lowest BCUT2D eigenvalue weighted by Crippen LogP contribution is -2.17. The number of benzene rings is 3. The Kier molecular flexibility index (Phi) is 4.64. The van der Waals surface area contributed by atoms with Crippen LogP contribution in [0.4, 0.5) is 5.69 Å². The van der Waals surface area contributed by atoms with Crippen molar-refractivity contribution in [3.63, 3.8) is 0 Å². The van der Waals surface area contributed by atoms with E-state index >= 15 is 0 Å². The van der Waals surface area contributed by atoms with Crippen LogP contribution in [0.1, 0.15) is 45.9 Å². The summed E-state index contributed by atoms with van der Waals surface area (Å²) < 4.78 is 0. The van der Waals surface area contributed by atoms with Gasteiger partial charge in [0.1, 0.15) is 0 Å². The number of hydrogen-bond donors (Lipinski definition) is 3. The molecule has 6 nitrogen and oxygen atoms in total. The molecule has 0 spiro atoms. The number of hydrogen-bond acceptors (Lipinski definition) is 4. The molecule has 3 N–H and O–H groups in total. The zero-order valence-electron chi connectivity index (χ0n) is 16.7. The SMILES string of the molecule is N#Cc1ccc2c(c1)CCCC2Nc1ccc2[nH]nc(-c3ccc(C(=O)O)cc3)c2c1. The first-order valence-electron chi connectivity index (χ1n) is 10.2. The van der Waals surface area contributed by atoms with Gasteiger partial charge in [0.25, 0.3) is 0 Å². The molecule has 31 heavy (non-hydrogen) atoms. The summed E-state index contributed by atoms with van der Waals surface area (Å²) in [5, 5.41) is 30.4. The highest BCUT2D eigenvalue weighted by atomic mass is 16.4. The molecule has 5 rings (SSSR count). The summed E-state index contributed by atoms with van der Waals surface area (Å²) in [6.07, 6.45) is 3.11. The normalized spacial score (nSPS) is 15.3. The molecule has 1 atom stereocenters. The van der Waals surface area contributed by atoms with Gasteiger partial charge in [-0.1, -0.05) is 18.2 Å². The highest BCUT2D eigenvalue weighted by Gasteiger charge is 2.21. The van der Waals surface area contributed by atoms with Crippen molar-refractivity contribution in [2.45, 2.75) is 25.3 Å². The van der Waals surface area contributed by atoms with E-state index in [0.29, 0.717) is 5.56 Å². The standard InChI is InChI=1S/C25H20N4O2/c26-14-15-4-10-20-18(12-15)2-1-3-22(20)27-19-9-11-23-21(13-19)24(29-28-23)16-5-7-17(8-6-16)25(30)31/h4-13,22,27H,1-3H2,(H,28,29)(H,30,31). The van der Waals surface area contributed by atoms with Gasteiger partial charge in [-0.3, -0.25) is 5.10 Å². The van der Waals surface area contributed by atoms with Crippen molar-refractivity contribution >= 4 is 22.6 Å². The number of aromatic amines is 1. The third-order valence-electron chi connectivity index (χ3n) is 5.90. The fourth-order valence-electron chi connectivity index (χ4n) is 4.33. The quantitative estimate of drug-likeness (QED) is 0.426. The molecule has 0 bridgehead atoms. The second-order valence-electron chi connectivity index (χ2n) is 7.83. The lowest BCUT2D eigenvalue weighted by Gasteiger charge is -2.27. The Morgan fingerprint density at radius 2 is 1.97 bits per heavy atom. The van der Waals surface area contributed by atoms with Crippen molar-refractivity contribution in [3.05, 3.63) is 82.9 Å². The van der Waals surface area contributed by atoms with Crippen molar-refractivity contribution in [1.82, 2.24) is 10.2 Å². The van der Waals surface area contributed by atoms with E-state index in [0.717, 1.165) is 47.1 Å². The van der Waals surface area contributed by atoms with Gasteiger partial charge >= 0.3 is 5.97 Å². The first-order valence-corrected chi connectivity index (χ1v) is 10.2. The predicted molar refractivity (Wildman–Crippen MR) is 119 cm³/mol. The van der Waals surface area contributed by atoms with Crippen molar-refractivity contribution in [2.24, 2.45) is 0 Å². The molecule has 0 saturated carbocycles. The van der Waals surface area contributed by atoms with E-state index in [9.17, 15) is 10.1 Å². The number of rotatable bonds is 4. The lowest BCUT2D eigenvalue weighted by molar-refractivity contribution is 0.0697. The van der Waals surface area contributed by atoms with Crippen molar-refractivity contribution < 1.29 is 9.90 Å². The molecule has 0 amide bonds. The number of aryl methyl sites for hydroxylation is 1. The van der Waals surface area contributed by atoms with Gasteiger partial charge in [0, 0.05) is 16.6 Å². The minimum Gasteiger partial charge on any atom is -0.478 e. The topological polar surface area (TPSA) is 102 Å². The number of fused-ring (bicyclic) bond motifs is 2. The van der Waals surface area contributed by atoms with Crippen LogP contribution in [0.3, 0.4) is 0 Å². The van der Waals surface area contributed by atoms with Crippen LogP contribution in [0.25, 0.3) is 22.2 Å². The summed E-state index contributed by atoms with van der Waals surface area (Å²) in [5.41, 5.74) is 7.02. The molecule has 0 fully saturated rings. The number of nitrogens with one attached hydrogen (secondary N) is 2. The number of anilines is 1. The zero-order chi connectivity index (χ0) is 21.4. The van der Waals surface area contributed by atoms with Gasteiger partial charge in [0.15, 0.2) is 0 Å². The molecule has 4 aromatic rings. The van der Waals surface area contributed by atoms with Crippen LogP contribution in [0.5, 0.6) is 0 Å². The summed E-state index contributed by atoms with van der Waals surface area (Å²) in [4.78, 5) is 11.1. The first kappa shape index (κ1) is 18.9. The molecule has 6 heteroatoms. The van der Waals surface area contributed by atoms with Crippen LogP contribution in [-0.4, -0.2) is 21.3 Å². The Labute approximate surface area is 179 Å². The monoisotopic (exact) mass is 408 g/mol. The van der Waals surface area contributed by atoms with Gasteiger partial charge in [-0.25, -0.2) is 4.79 Å². The number of H-pyrrole nitrogens is 1. The number of nitrogens with zero attached hydrogens (tertiary/aromatic N) is 2. The molecule has 0 aliphatic heterocycles. The molecular weight excluding hydrogens is 388 g/mol. The van der Waals surface area contributed by atoms with Gasteiger partial charge in [-0.2, -0.15) is 10.4 Å². The number of nitriles is 1. The van der Waals surface area contributed by atoms with Gasteiger partial charge in [0.05, 0.1) is 34.4 Å². The summed E-state index contributed by atoms with van der Waals surface area (Å²) >= 11 is 0. The number of aromatic nitrogens is 2. The molecule has 1 aliphatic rings. The van der Waals surface area contributed by atoms with Crippen LogP contribution in [-0.2, 0) is 6.42 Å². The minimum absolute atomic E-state index is 0.194. The van der Waals surface area contributed by atoms with Crippen LogP contribution in [0, 0.1) is 11.3 Å². The highest BCUT2D eigenvalue weighted by Crippen LogP contribution is 2.35. The highest BCUT2D eigenvalue weighted by molar-refractivity contribution is 5.95. The van der Waals surface area contributed by atoms with Crippen LogP contribution in [0.2, 0.25) is 0 Å². The molecular formula is C25H20N4O2. The predicted octanol–water partition coefficient (Wildman–Crippen LogP) is 5.29. The van der Waals surface area contributed by atoms with Gasteiger partial charge in [-0.15, -0.1) is 0 Å². The van der Waals surface area contributed by atoms with Crippen molar-refractivity contribution in [2.75, 3.05) is 5.32 Å². The third-order valence-corrected chi connectivity index (χ3v) is 5.90. The largest absolute Gasteiger partial charge is 0.478 e. The first-order chi connectivity index (χ1) is 15.1. The number of aromatic carboxylic acids is 1. The molecule has 3 aromatic carbocycles. The van der Waals surface area contributed by atoms with Gasteiger partial charge < -0.3 is 10.4 Å². The van der Waals surface area contributed by atoms with E-state index in [1.807, 2.05) is 24.3 Å². The molecule has 1 heterocycles. The summed E-state index contributed by atoms with van der Waals surface area (Å²) in [5.74, 6) is -0.945. The molecule has 1 aliphatic carbocycles. The molecule has 1 aromatic heterocycles. The Bertz CT molecular complexity index is 1330. The Balaban J connectivity index is 1.47. The Hall–Kier alpha value is -4.11. The van der Waals surface area contributed by atoms with E-state index in [-0.39, 0.29) is 11.6 Å². The molecule has 1 unspecified atom stereocenters. The fraction of sp³-hybridized carbons (Fsp3) is 0.160. The van der Waals surface area contributed by atoms with Crippen molar-refractivity contribution in [1.29, 1.82) is 5.26 Å². The Morgan fingerprint density at radius 1 is 1.13 bits per heavy atom. The molecule has 152 valence electrons. The van der Waals surface area contributed by atoms with Gasteiger partial charge in [-0.05, 0) is 72.9 Å². The summed E-state index contributed by atoms with van der Waals surface area (Å²) in [6, 6.07) is 21.2. The van der Waals surface area contributed by atoms with E-state index in [4.69, 9.17) is 5.11 Å². The van der Waals surface area contributed by atoms with Crippen LogP contribution < -0.4 is 5.32 Å². The number of carboxylic acid groups (broad SMARTS) is 1. The van der Waals surface area contributed by atoms with E-state index in [1.54, 1.807) is 24.3 Å². The Morgan fingerprint density at radius 3 is 2.74 bits per heavy atom. The third kappa shape index (κ3) is 3.51. The second kappa shape index (κ2) is 7.62. The maximum absolute atomic E-state index is 11.1. The van der Waals surface area contributed by atoms with Gasteiger partial charge in [0.2, 0.25) is 0 Å². The zero-order valence-corrected chi connectivity index (χ0v) is 16.7. The summed E-state index contributed by atoms with van der Waals surface area (Å²) in [7, 11) is 0. The molecule has 0 saturated heterocycles. The lowest BCUT2D eigenvalue weighted by atomic mass is 9.86.